The molecule has 1 aromatic carbocycles. The van der Waals surface area contributed by atoms with Crippen LogP contribution in [0.4, 0.5) is 0 Å². The van der Waals surface area contributed by atoms with Gasteiger partial charge in [-0.25, -0.2) is 0 Å². The lowest BCUT2D eigenvalue weighted by atomic mass is 10.1. The molecule has 3 heterocycles. The highest BCUT2D eigenvalue weighted by molar-refractivity contribution is 5.79. The Morgan fingerprint density at radius 3 is 2.67 bits per heavy atom. The van der Waals surface area contributed by atoms with Crippen LogP contribution in [0.2, 0.25) is 0 Å². The molecule has 0 amide bonds. The summed E-state index contributed by atoms with van der Waals surface area (Å²) in [5.74, 6) is 0.752. The molecule has 3 aromatic heterocycles. The Morgan fingerprint density at radius 1 is 1.07 bits per heavy atom. The summed E-state index contributed by atoms with van der Waals surface area (Å²) in [6.45, 7) is 1.09. The molecule has 0 saturated carbocycles. The van der Waals surface area contributed by atoms with Crippen LogP contribution in [0.1, 0.15) is 11.3 Å². The summed E-state index contributed by atoms with van der Waals surface area (Å²) in [6.07, 6.45) is 3.45. The van der Waals surface area contributed by atoms with Gasteiger partial charge in [0.2, 0.25) is 0 Å². The largest absolute Gasteiger partial charge is 0.359 e. The summed E-state index contributed by atoms with van der Waals surface area (Å²) in [4.78, 5) is 18.7. The summed E-state index contributed by atoms with van der Waals surface area (Å²) >= 11 is 0. The van der Waals surface area contributed by atoms with E-state index in [0.717, 1.165) is 33.5 Å². The van der Waals surface area contributed by atoms with Crippen LogP contribution < -0.4 is 5.56 Å². The zero-order chi connectivity index (χ0) is 18.8. The molecule has 0 N–H and O–H groups in total. The highest BCUT2D eigenvalue weighted by Crippen LogP contribution is 2.19. The van der Waals surface area contributed by atoms with Crippen molar-refractivity contribution < 1.29 is 4.52 Å². The first-order chi connectivity index (χ1) is 13.1. The molecule has 0 aliphatic rings. The molecule has 0 unspecified atom stereocenters. The van der Waals surface area contributed by atoms with Crippen molar-refractivity contribution in [1.82, 2.24) is 19.6 Å². The molecule has 0 fully saturated rings. The zero-order valence-electron chi connectivity index (χ0n) is 15.3. The number of hydrogen-bond acceptors (Lipinski definition) is 5. The first-order valence-corrected chi connectivity index (χ1v) is 8.74. The normalized spacial score (nSPS) is 11.4. The SMILES string of the molecule is CN(Cc1cc(-c2ccncc2)no1)Cc1cc2ccccc2n(C)c1=O. The molecule has 6 heteroatoms. The summed E-state index contributed by atoms with van der Waals surface area (Å²) in [6, 6.07) is 15.6. The Morgan fingerprint density at radius 2 is 1.85 bits per heavy atom. The standard InChI is InChI=1S/C21H20N4O2/c1-24(14-18-12-19(23-27-18)15-7-9-22-10-8-15)13-17-11-16-5-3-4-6-20(16)25(2)21(17)26/h3-12H,13-14H2,1-2H3. The predicted octanol–water partition coefficient (Wildman–Crippen LogP) is 3.22. The van der Waals surface area contributed by atoms with Gasteiger partial charge < -0.3 is 9.09 Å². The van der Waals surface area contributed by atoms with Gasteiger partial charge in [-0.05, 0) is 36.7 Å². The second kappa shape index (κ2) is 7.17. The summed E-state index contributed by atoms with van der Waals surface area (Å²) in [5, 5.41) is 5.18. The molecule has 0 radical (unpaired) electrons. The molecule has 4 rings (SSSR count). The molecule has 4 aromatic rings. The number of benzene rings is 1. The smallest absolute Gasteiger partial charge is 0.255 e. The van der Waals surface area contributed by atoms with Crippen molar-refractivity contribution in [3.8, 4) is 11.3 Å². The van der Waals surface area contributed by atoms with Crippen LogP contribution in [0.5, 0.6) is 0 Å². The zero-order valence-corrected chi connectivity index (χ0v) is 15.3. The fourth-order valence-electron chi connectivity index (χ4n) is 3.26. The Labute approximate surface area is 156 Å². The van der Waals surface area contributed by atoms with Gasteiger partial charge in [0.1, 0.15) is 5.69 Å². The van der Waals surface area contributed by atoms with Crippen molar-refractivity contribution in [2.45, 2.75) is 13.1 Å². The van der Waals surface area contributed by atoms with Gasteiger partial charge in [-0.1, -0.05) is 23.4 Å². The predicted molar refractivity (Wildman–Crippen MR) is 104 cm³/mol. The van der Waals surface area contributed by atoms with Gasteiger partial charge in [0, 0.05) is 43.2 Å². The second-order valence-electron chi connectivity index (χ2n) is 6.68. The number of nitrogens with zero attached hydrogens (tertiary/aromatic N) is 4. The van der Waals surface area contributed by atoms with Crippen molar-refractivity contribution in [2.75, 3.05) is 7.05 Å². The fraction of sp³-hybridized carbons (Fsp3) is 0.190. The quantitative estimate of drug-likeness (QED) is 0.547. The number of hydrogen-bond donors (Lipinski definition) is 0. The molecule has 0 aliphatic carbocycles. The molecule has 0 aliphatic heterocycles. The average molecular weight is 360 g/mol. The Balaban J connectivity index is 1.53. The monoisotopic (exact) mass is 360 g/mol. The van der Waals surface area contributed by atoms with E-state index in [4.69, 9.17) is 4.52 Å². The first kappa shape index (κ1) is 17.2. The maximum absolute atomic E-state index is 12.7. The van der Waals surface area contributed by atoms with Gasteiger partial charge in [-0.2, -0.15) is 0 Å². The molecule has 0 spiro atoms. The maximum Gasteiger partial charge on any atom is 0.255 e. The van der Waals surface area contributed by atoms with E-state index in [-0.39, 0.29) is 5.56 Å². The minimum atomic E-state index is 0.0237. The van der Waals surface area contributed by atoms with Gasteiger partial charge >= 0.3 is 0 Å². The molecule has 6 nitrogen and oxygen atoms in total. The number of aromatic nitrogens is 3. The third kappa shape index (κ3) is 3.52. The molecule has 0 bridgehead atoms. The molecule has 136 valence electrons. The number of pyridine rings is 2. The topological polar surface area (TPSA) is 64.2 Å². The van der Waals surface area contributed by atoms with Gasteiger partial charge in [0.15, 0.2) is 5.76 Å². The van der Waals surface area contributed by atoms with Crippen LogP contribution in [-0.4, -0.2) is 26.7 Å². The highest BCUT2D eigenvalue weighted by atomic mass is 16.5. The maximum atomic E-state index is 12.7. The minimum Gasteiger partial charge on any atom is -0.359 e. The van der Waals surface area contributed by atoms with E-state index in [0.29, 0.717) is 13.1 Å². The van der Waals surface area contributed by atoms with Crippen molar-refractivity contribution in [2.24, 2.45) is 7.05 Å². The third-order valence-electron chi connectivity index (χ3n) is 4.61. The van der Waals surface area contributed by atoms with Crippen molar-refractivity contribution in [1.29, 1.82) is 0 Å². The van der Waals surface area contributed by atoms with Crippen LogP contribution in [0, 0.1) is 0 Å². The van der Waals surface area contributed by atoms with Crippen LogP contribution in [-0.2, 0) is 20.1 Å². The van der Waals surface area contributed by atoms with Crippen LogP contribution in [0.15, 0.2) is 70.2 Å². The lowest BCUT2D eigenvalue weighted by molar-refractivity contribution is 0.266. The number of para-hydroxylation sites is 1. The van der Waals surface area contributed by atoms with Crippen molar-refractivity contribution in [3.05, 3.63) is 82.6 Å². The Bertz CT molecular complexity index is 1130. The molecule has 27 heavy (non-hydrogen) atoms. The number of aryl methyl sites for hydroxylation is 1. The number of fused-ring (bicyclic) bond motifs is 1. The Hall–Kier alpha value is -3.25. The lowest BCUT2D eigenvalue weighted by Crippen LogP contribution is -2.26. The van der Waals surface area contributed by atoms with Crippen LogP contribution >= 0.6 is 0 Å². The van der Waals surface area contributed by atoms with Gasteiger partial charge in [-0.3, -0.25) is 14.7 Å². The van der Waals surface area contributed by atoms with E-state index >= 15 is 0 Å². The molecular formula is C21H20N4O2. The molecule has 0 saturated heterocycles. The van der Waals surface area contributed by atoms with E-state index in [1.165, 1.54) is 0 Å². The minimum absolute atomic E-state index is 0.0237. The summed E-state index contributed by atoms with van der Waals surface area (Å²) in [7, 11) is 3.77. The van der Waals surface area contributed by atoms with Crippen molar-refractivity contribution >= 4 is 10.9 Å². The fourth-order valence-corrected chi connectivity index (χ4v) is 3.26. The Kier molecular flexibility index (Phi) is 4.56. The molecular weight excluding hydrogens is 340 g/mol. The van der Waals surface area contributed by atoms with E-state index in [9.17, 15) is 4.79 Å². The highest BCUT2D eigenvalue weighted by Gasteiger charge is 2.12. The van der Waals surface area contributed by atoms with Crippen molar-refractivity contribution in [3.63, 3.8) is 0 Å². The van der Waals surface area contributed by atoms with E-state index in [1.807, 2.05) is 67.5 Å². The third-order valence-corrected chi connectivity index (χ3v) is 4.61. The van der Waals surface area contributed by atoms with Gasteiger partial charge in [0.25, 0.3) is 5.56 Å². The van der Waals surface area contributed by atoms with Gasteiger partial charge in [0.05, 0.1) is 12.1 Å². The lowest BCUT2D eigenvalue weighted by Gasteiger charge is -2.16. The summed E-state index contributed by atoms with van der Waals surface area (Å²) < 4.78 is 7.16. The van der Waals surface area contributed by atoms with E-state index in [1.54, 1.807) is 17.0 Å². The second-order valence-corrected chi connectivity index (χ2v) is 6.68. The number of rotatable bonds is 5. The average Bonchev–Trinajstić information content (AvgIpc) is 3.15. The van der Waals surface area contributed by atoms with Crippen LogP contribution in [0.25, 0.3) is 22.2 Å². The molecule has 0 atom stereocenters. The van der Waals surface area contributed by atoms with Crippen LogP contribution in [0.3, 0.4) is 0 Å². The van der Waals surface area contributed by atoms with E-state index < -0.39 is 0 Å². The first-order valence-electron chi connectivity index (χ1n) is 8.74. The van der Waals surface area contributed by atoms with E-state index in [2.05, 4.69) is 10.1 Å². The van der Waals surface area contributed by atoms with Gasteiger partial charge in [-0.15, -0.1) is 0 Å². The summed E-state index contributed by atoms with van der Waals surface area (Å²) in [5.41, 5.74) is 3.46.